The van der Waals surface area contributed by atoms with Gasteiger partial charge >= 0.3 is 0 Å². The summed E-state index contributed by atoms with van der Waals surface area (Å²) in [5.41, 5.74) is 0. The average Bonchev–Trinajstić information content (AvgIpc) is 2.39. The molecule has 0 atom stereocenters. The van der Waals surface area contributed by atoms with Gasteiger partial charge in [0.25, 0.3) is 0 Å². The van der Waals surface area contributed by atoms with E-state index in [4.69, 9.17) is 0 Å². The van der Waals surface area contributed by atoms with Gasteiger partial charge < -0.3 is 4.98 Å². The van der Waals surface area contributed by atoms with Gasteiger partial charge in [-0.05, 0) is 12.3 Å². The molecule has 1 aromatic rings. The van der Waals surface area contributed by atoms with E-state index in [0.29, 0.717) is 0 Å². The molecule has 1 N–H and O–H groups in total. The van der Waals surface area contributed by atoms with Crippen molar-refractivity contribution in [2.75, 3.05) is 0 Å². The molecule has 0 bridgehead atoms. The number of aromatic nitrogens is 2. The molecular formula is C9H16N2. The van der Waals surface area contributed by atoms with Crippen LogP contribution in [0.1, 0.15) is 32.5 Å². The minimum absolute atomic E-state index is 0.810. The zero-order chi connectivity index (χ0) is 8.10. The third-order valence-electron chi connectivity index (χ3n) is 1.75. The molecule has 0 saturated carbocycles. The van der Waals surface area contributed by atoms with Crippen molar-refractivity contribution in [1.29, 1.82) is 0 Å². The molecule has 2 heteroatoms. The molecule has 0 radical (unpaired) electrons. The number of aromatic amines is 1. The average molecular weight is 152 g/mol. The third kappa shape index (κ3) is 3.21. The van der Waals surface area contributed by atoms with Crippen LogP contribution in [0, 0.1) is 5.92 Å². The van der Waals surface area contributed by atoms with Crippen molar-refractivity contribution < 1.29 is 0 Å². The molecule has 0 unspecified atom stereocenters. The lowest BCUT2D eigenvalue weighted by Crippen LogP contribution is -1.92. The highest BCUT2D eigenvalue weighted by Crippen LogP contribution is 2.06. The van der Waals surface area contributed by atoms with Crippen molar-refractivity contribution in [3.63, 3.8) is 0 Å². The lowest BCUT2D eigenvalue weighted by molar-refractivity contribution is 0.550. The Morgan fingerprint density at radius 3 is 2.91 bits per heavy atom. The number of imidazole rings is 1. The van der Waals surface area contributed by atoms with Gasteiger partial charge in [-0.15, -0.1) is 0 Å². The van der Waals surface area contributed by atoms with Crippen molar-refractivity contribution in [3.8, 4) is 0 Å². The Hall–Kier alpha value is -0.790. The zero-order valence-corrected chi connectivity index (χ0v) is 7.30. The van der Waals surface area contributed by atoms with Crippen LogP contribution in [-0.2, 0) is 6.42 Å². The fourth-order valence-corrected chi connectivity index (χ4v) is 1.11. The minimum Gasteiger partial charge on any atom is -0.349 e. The van der Waals surface area contributed by atoms with Crippen LogP contribution >= 0.6 is 0 Å². The Morgan fingerprint density at radius 1 is 1.55 bits per heavy atom. The van der Waals surface area contributed by atoms with E-state index in [1.165, 1.54) is 12.8 Å². The van der Waals surface area contributed by atoms with Gasteiger partial charge in [0.1, 0.15) is 5.82 Å². The van der Waals surface area contributed by atoms with Crippen molar-refractivity contribution in [2.24, 2.45) is 5.92 Å². The smallest absolute Gasteiger partial charge is 0.105 e. The van der Waals surface area contributed by atoms with Crippen molar-refractivity contribution in [2.45, 2.75) is 33.1 Å². The summed E-state index contributed by atoms with van der Waals surface area (Å²) in [6.07, 6.45) is 7.31. The maximum atomic E-state index is 4.16. The number of nitrogens with zero attached hydrogens (tertiary/aromatic N) is 1. The fraction of sp³-hybridized carbons (Fsp3) is 0.667. The van der Waals surface area contributed by atoms with Crippen LogP contribution in [0.15, 0.2) is 12.4 Å². The topological polar surface area (TPSA) is 28.7 Å². The van der Waals surface area contributed by atoms with Crippen LogP contribution in [0.25, 0.3) is 0 Å². The van der Waals surface area contributed by atoms with Gasteiger partial charge in [-0.25, -0.2) is 4.98 Å². The van der Waals surface area contributed by atoms with E-state index in [1.54, 1.807) is 0 Å². The highest BCUT2D eigenvalue weighted by atomic mass is 14.9. The molecule has 0 aliphatic carbocycles. The van der Waals surface area contributed by atoms with Gasteiger partial charge in [-0.1, -0.05) is 20.3 Å². The second-order valence-corrected chi connectivity index (χ2v) is 3.32. The molecule has 0 fully saturated rings. The lowest BCUT2D eigenvalue weighted by Gasteiger charge is -2.01. The maximum Gasteiger partial charge on any atom is 0.105 e. The van der Waals surface area contributed by atoms with Crippen molar-refractivity contribution in [1.82, 2.24) is 9.97 Å². The first-order chi connectivity index (χ1) is 5.29. The first-order valence-corrected chi connectivity index (χ1v) is 4.27. The number of H-pyrrole nitrogens is 1. The zero-order valence-electron chi connectivity index (χ0n) is 7.30. The van der Waals surface area contributed by atoms with E-state index < -0.39 is 0 Å². The van der Waals surface area contributed by atoms with E-state index in [0.717, 1.165) is 18.2 Å². The molecule has 0 aliphatic rings. The predicted molar refractivity (Wildman–Crippen MR) is 46.4 cm³/mol. The summed E-state index contributed by atoms with van der Waals surface area (Å²) in [6, 6.07) is 0. The standard InChI is InChI=1S/C9H16N2/c1-8(2)4-3-5-9-10-6-7-11-9/h6-8H,3-5H2,1-2H3,(H,10,11). The summed E-state index contributed by atoms with van der Waals surface area (Å²) in [7, 11) is 0. The number of hydrogen-bond donors (Lipinski definition) is 1. The first-order valence-electron chi connectivity index (χ1n) is 4.27. The summed E-state index contributed by atoms with van der Waals surface area (Å²) < 4.78 is 0. The number of rotatable bonds is 4. The van der Waals surface area contributed by atoms with Crippen LogP contribution < -0.4 is 0 Å². The number of aryl methyl sites for hydroxylation is 1. The molecule has 0 aliphatic heterocycles. The fourth-order valence-electron chi connectivity index (χ4n) is 1.11. The van der Waals surface area contributed by atoms with Gasteiger partial charge in [0.2, 0.25) is 0 Å². The van der Waals surface area contributed by atoms with Crippen molar-refractivity contribution >= 4 is 0 Å². The summed E-state index contributed by atoms with van der Waals surface area (Å²) in [5.74, 6) is 1.93. The predicted octanol–water partition coefficient (Wildman–Crippen LogP) is 2.39. The summed E-state index contributed by atoms with van der Waals surface area (Å²) in [4.78, 5) is 7.26. The highest BCUT2D eigenvalue weighted by Gasteiger charge is 1.96. The van der Waals surface area contributed by atoms with Gasteiger partial charge in [-0.2, -0.15) is 0 Å². The van der Waals surface area contributed by atoms with Gasteiger partial charge in [-0.3, -0.25) is 0 Å². The van der Waals surface area contributed by atoms with Crippen LogP contribution in [0.3, 0.4) is 0 Å². The van der Waals surface area contributed by atoms with Gasteiger partial charge in [0, 0.05) is 18.8 Å². The summed E-state index contributed by atoms with van der Waals surface area (Å²) in [6.45, 7) is 4.50. The maximum absolute atomic E-state index is 4.16. The normalized spacial score (nSPS) is 10.8. The molecular weight excluding hydrogens is 136 g/mol. The monoisotopic (exact) mass is 152 g/mol. The Morgan fingerprint density at radius 2 is 2.36 bits per heavy atom. The number of hydrogen-bond acceptors (Lipinski definition) is 1. The van der Waals surface area contributed by atoms with Crippen LogP contribution in [0.5, 0.6) is 0 Å². The molecule has 0 saturated heterocycles. The van der Waals surface area contributed by atoms with E-state index in [-0.39, 0.29) is 0 Å². The molecule has 1 aromatic heterocycles. The van der Waals surface area contributed by atoms with E-state index in [9.17, 15) is 0 Å². The van der Waals surface area contributed by atoms with E-state index >= 15 is 0 Å². The van der Waals surface area contributed by atoms with E-state index in [1.807, 2.05) is 12.4 Å². The summed E-state index contributed by atoms with van der Waals surface area (Å²) >= 11 is 0. The SMILES string of the molecule is CC(C)CCCc1ncc[nH]1. The Bertz CT molecular complexity index is 177. The molecule has 1 heterocycles. The Kier molecular flexibility index (Phi) is 3.14. The van der Waals surface area contributed by atoms with Crippen LogP contribution in [0.2, 0.25) is 0 Å². The van der Waals surface area contributed by atoms with Crippen LogP contribution in [0.4, 0.5) is 0 Å². The molecule has 11 heavy (non-hydrogen) atoms. The molecule has 62 valence electrons. The Labute approximate surface area is 68.0 Å². The van der Waals surface area contributed by atoms with Crippen LogP contribution in [-0.4, -0.2) is 9.97 Å². The minimum atomic E-state index is 0.810. The highest BCUT2D eigenvalue weighted by molar-refractivity contribution is 4.86. The van der Waals surface area contributed by atoms with Gasteiger partial charge in [0.05, 0.1) is 0 Å². The molecule has 0 aromatic carbocycles. The van der Waals surface area contributed by atoms with Gasteiger partial charge in [0.15, 0.2) is 0 Å². The second kappa shape index (κ2) is 4.16. The second-order valence-electron chi connectivity index (χ2n) is 3.32. The number of nitrogens with one attached hydrogen (secondary N) is 1. The molecule has 0 amide bonds. The van der Waals surface area contributed by atoms with Crippen molar-refractivity contribution in [3.05, 3.63) is 18.2 Å². The molecule has 0 spiro atoms. The first kappa shape index (κ1) is 8.31. The Balaban J connectivity index is 2.14. The largest absolute Gasteiger partial charge is 0.349 e. The summed E-state index contributed by atoms with van der Waals surface area (Å²) in [5, 5.41) is 0. The lowest BCUT2D eigenvalue weighted by atomic mass is 10.1. The molecule has 1 rings (SSSR count). The van der Waals surface area contributed by atoms with E-state index in [2.05, 4.69) is 23.8 Å². The molecule has 2 nitrogen and oxygen atoms in total. The quantitative estimate of drug-likeness (QED) is 0.705. The third-order valence-corrected chi connectivity index (χ3v) is 1.75.